The number of nitrogens with zero attached hydrogens (tertiary/aromatic N) is 3. The zero-order valence-electron chi connectivity index (χ0n) is 13.2. The van der Waals surface area contributed by atoms with E-state index in [0.29, 0.717) is 28.2 Å². The van der Waals surface area contributed by atoms with Gasteiger partial charge in [0.2, 0.25) is 0 Å². The molecule has 0 aliphatic rings. The highest BCUT2D eigenvalue weighted by atomic mass is 19.1. The largest absolute Gasteiger partial charge is 0.372 e. The SMILES string of the molecule is CNc1cncc(-c2n[nH]c3ccc(-c4c(F)cccc4F)cc23)n1. The smallest absolute Gasteiger partial charge is 0.145 e. The van der Waals surface area contributed by atoms with Crippen molar-refractivity contribution in [1.29, 1.82) is 0 Å². The molecule has 0 spiro atoms. The van der Waals surface area contributed by atoms with Gasteiger partial charge in [0.15, 0.2) is 0 Å². The van der Waals surface area contributed by atoms with Crippen molar-refractivity contribution in [3.63, 3.8) is 0 Å². The molecule has 2 aromatic heterocycles. The molecule has 7 heteroatoms. The van der Waals surface area contributed by atoms with Gasteiger partial charge in [-0.05, 0) is 29.8 Å². The highest BCUT2D eigenvalue weighted by molar-refractivity contribution is 5.95. The summed E-state index contributed by atoms with van der Waals surface area (Å²) in [5.41, 5.74) is 2.24. The Morgan fingerprint density at radius 3 is 2.60 bits per heavy atom. The number of rotatable bonds is 3. The van der Waals surface area contributed by atoms with Crippen LogP contribution in [0.5, 0.6) is 0 Å². The fraction of sp³-hybridized carbons (Fsp3) is 0.0556. The quantitative estimate of drug-likeness (QED) is 0.593. The first-order chi connectivity index (χ1) is 12.2. The Labute approximate surface area is 141 Å². The number of hydrogen-bond donors (Lipinski definition) is 2. The lowest BCUT2D eigenvalue weighted by molar-refractivity contribution is 0.589. The molecule has 2 N–H and O–H groups in total. The lowest BCUT2D eigenvalue weighted by Gasteiger charge is -2.06. The molecule has 0 bridgehead atoms. The molecule has 0 aliphatic carbocycles. The third kappa shape index (κ3) is 2.59. The molecule has 0 radical (unpaired) electrons. The maximum atomic E-state index is 14.1. The number of anilines is 1. The second kappa shape index (κ2) is 5.94. The Morgan fingerprint density at radius 1 is 1.04 bits per heavy atom. The minimum absolute atomic E-state index is 0.0633. The summed E-state index contributed by atoms with van der Waals surface area (Å²) < 4.78 is 28.2. The van der Waals surface area contributed by atoms with Crippen LogP contribution in [0.15, 0.2) is 48.8 Å². The Kier molecular flexibility index (Phi) is 3.61. The number of benzene rings is 2. The van der Waals surface area contributed by atoms with Gasteiger partial charge in [0.25, 0.3) is 0 Å². The molecule has 0 amide bonds. The normalized spacial score (nSPS) is 11.0. The molecule has 4 rings (SSSR count). The molecule has 0 saturated carbocycles. The number of fused-ring (bicyclic) bond motifs is 1. The van der Waals surface area contributed by atoms with Gasteiger partial charge in [-0.15, -0.1) is 0 Å². The van der Waals surface area contributed by atoms with Crippen LogP contribution in [0.1, 0.15) is 0 Å². The molecule has 4 aromatic rings. The lowest BCUT2D eigenvalue weighted by Crippen LogP contribution is -1.95. The van der Waals surface area contributed by atoms with Gasteiger partial charge in [-0.1, -0.05) is 12.1 Å². The van der Waals surface area contributed by atoms with Gasteiger partial charge in [-0.2, -0.15) is 5.10 Å². The van der Waals surface area contributed by atoms with Gasteiger partial charge in [-0.25, -0.2) is 13.8 Å². The van der Waals surface area contributed by atoms with Crippen molar-refractivity contribution in [2.45, 2.75) is 0 Å². The minimum Gasteiger partial charge on any atom is -0.372 e. The first kappa shape index (κ1) is 15.2. The fourth-order valence-electron chi connectivity index (χ4n) is 2.74. The number of H-pyrrole nitrogens is 1. The lowest BCUT2D eigenvalue weighted by atomic mass is 10.0. The predicted octanol–water partition coefficient (Wildman–Crippen LogP) is 4.01. The number of aromatic nitrogens is 4. The van der Waals surface area contributed by atoms with Crippen molar-refractivity contribution in [2.24, 2.45) is 0 Å². The maximum absolute atomic E-state index is 14.1. The van der Waals surface area contributed by atoms with Crippen LogP contribution in [0.3, 0.4) is 0 Å². The summed E-state index contributed by atoms with van der Waals surface area (Å²) >= 11 is 0. The average molecular weight is 337 g/mol. The molecule has 0 saturated heterocycles. The number of nitrogens with one attached hydrogen (secondary N) is 2. The topological polar surface area (TPSA) is 66.5 Å². The molecule has 124 valence electrons. The molecule has 2 heterocycles. The Balaban J connectivity index is 1.91. The van der Waals surface area contributed by atoms with Crippen molar-refractivity contribution in [1.82, 2.24) is 20.2 Å². The Hall–Kier alpha value is -3.35. The highest BCUT2D eigenvalue weighted by Gasteiger charge is 2.15. The standard InChI is InChI=1S/C18H13F2N5/c1-21-16-9-22-8-15(23-16)18-11-7-10(5-6-14(11)24-25-18)17-12(19)3-2-4-13(17)20/h2-9H,1H3,(H,21,23)(H,24,25). The minimum atomic E-state index is -0.610. The molecule has 2 aromatic carbocycles. The summed E-state index contributed by atoms with van der Waals surface area (Å²) in [7, 11) is 1.75. The number of hydrogen-bond acceptors (Lipinski definition) is 4. The summed E-state index contributed by atoms with van der Waals surface area (Å²) in [6, 6.07) is 8.91. The predicted molar refractivity (Wildman–Crippen MR) is 92.0 cm³/mol. The van der Waals surface area contributed by atoms with Crippen LogP contribution >= 0.6 is 0 Å². The molecular weight excluding hydrogens is 324 g/mol. The van der Waals surface area contributed by atoms with Crippen LogP contribution < -0.4 is 5.32 Å². The molecule has 0 fully saturated rings. The molecule has 0 atom stereocenters. The van der Waals surface area contributed by atoms with Crippen LogP contribution in [0.25, 0.3) is 33.4 Å². The van der Waals surface area contributed by atoms with Gasteiger partial charge in [0.1, 0.15) is 28.8 Å². The first-order valence-corrected chi connectivity index (χ1v) is 7.60. The molecule has 0 aliphatic heterocycles. The van der Waals surface area contributed by atoms with Gasteiger partial charge in [0.05, 0.1) is 23.5 Å². The van der Waals surface area contributed by atoms with Crippen LogP contribution in [0, 0.1) is 11.6 Å². The molecule has 5 nitrogen and oxygen atoms in total. The van der Waals surface area contributed by atoms with E-state index in [2.05, 4.69) is 25.5 Å². The zero-order valence-corrected chi connectivity index (χ0v) is 13.2. The first-order valence-electron chi connectivity index (χ1n) is 7.60. The van der Waals surface area contributed by atoms with E-state index < -0.39 is 11.6 Å². The third-order valence-electron chi connectivity index (χ3n) is 3.95. The van der Waals surface area contributed by atoms with Crippen LogP contribution in [0.2, 0.25) is 0 Å². The second-order valence-corrected chi connectivity index (χ2v) is 5.47. The van der Waals surface area contributed by atoms with Gasteiger partial charge >= 0.3 is 0 Å². The molecule has 0 unspecified atom stereocenters. The summed E-state index contributed by atoms with van der Waals surface area (Å²) in [6.07, 6.45) is 3.19. The van der Waals surface area contributed by atoms with Crippen molar-refractivity contribution in [3.05, 3.63) is 60.4 Å². The van der Waals surface area contributed by atoms with Crippen LogP contribution in [0.4, 0.5) is 14.6 Å². The second-order valence-electron chi connectivity index (χ2n) is 5.47. The van der Waals surface area contributed by atoms with Gasteiger partial charge in [-0.3, -0.25) is 10.1 Å². The monoisotopic (exact) mass is 337 g/mol. The van der Waals surface area contributed by atoms with E-state index in [0.717, 1.165) is 5.52 Å². The van der Waals surface area contributed by atoms with E-state index >= 15 is 0 Å². The van der Waals surface area contributed by atoms with Crippen LogP contribution in [-0.2, 0) is 0 Å². The third-order valence-corrected chi connectivity index (χ3v) is 3.95. The van der Waals surface area contributed by atoms with Crippen molar-refractivity contribution < 1.29 is 8.78 Å². The van der Waals surface area contributed by atoms with E-state index in [1.54, 1.807) is 37.6 Å². The summed E-state index contributed by atoms with van der Waals surface area (Å²) in [5, 5.41) is 10.8. The summed E-state index contributed by atoms with van der Waals surface area (Å²) in [6.45, 7) is 0. The maximum Gasteiger partial charge on any atom is 0.145 e. The van der Waals surface area contributed by atoms with E-state index in [1.165, 1.54) is 18.2 Å². The Bertz CT molecular complexity index is 1050. The zero-order chi connectivity index (χ0) is 17.4. The van der Waals surface area contributed by atoms with E-state index in [9.17, 15) is 8.78 Å². The number of halogens is 2. The Morgan fingerprint density at radius 2 is 1.84 bits per heavy atom. The van der Waals surface area contributed by atoms with Gasteiger partial charge < -0.3 is 5.32 Å². The van der Waals surface area contributed by atoms with E-state index in [-0.39, 0.29) is 5.56 Å². The summed E-state index contributed by atoms with van der Waals surface area (Å²) in [5.74, 6) is -0.618. The number of aromatic amines is 1. The van der Waals surface area contributed by atoms with E-state index in [1.807, 2.05) is 0 Å². The van der Waals surface area contributed by atoms with Crippen LogP contribution in [-0.4, -0.2) is 27.2 Å². The summed E-state index contributed by atoms with van der Waals surface area (Å²) in [4.78, 5) is 8.55. The molecular formula is C18H13F2N5. The van der Waals surface area contributed by atoms with E-state index in [4.69, 9.17) is 0 Å². The van der Waals surface area contributed by atoms with Crippen molar-refractivity contribution >= 4 is 16.7 Å². The van der Waals surface area contributed by atoms with Crippen molar-refractivity contribution in [3.8, 4) is 22.5 Å². The van der Waals surface area contributed by atoms with Crippen molar-refractivity contribution in [2.75, 3.05) is 12.4 Å². The molecule has 25 heavy (non-hydrogen) atoms. The fourth-order valence-corrected chi connectivity index (χ4v) is 2.74. The average Bonchev–Trinajstić information content (AvgIpc) is 3.05. The van der Waals surface area contributed by atoms with Gasteiger partial charge in [0, 0.05) is 12.4 Å². The highest BCUT2D eigenvalue weighted by Crippen LogP contribution is 2.32.